The van der Waals surface area contributed by atoms with Crippen molar-refractivity contribution in [3.63, 3.8) is 0 Å². The van der Waals surface area contributed by atoms with Crippen molar-refractivity contribution in [1.29, 1.82) is 0 Å². The monoisotopic (exact) mass is 329 g/mol. The molecule has 0 bridgehead atoms. The molecule has 1 heterocycles. The zero-order valence-electron chi connectivity index (χ0n) is 12.3. The second-order valence-corrected chi connectivity index (χ2v) is 8.60. The number of nitrogen functional groups attached to an aromatic ring is 1. The fourth-order valence-corrected chi connectivity index (χ4v) is 4.75. The van der Waals surface area contributed by atoms with Crippen LogP contribution in [-0.2, 0) is 10.0 Å². The van der Waals surface area contributed by atoms with Gasteiger partial charge in [-0.1, -0.05) is 0 Å². The van der Waals surface area contributed by atoms with Crippen molar-refractivity contribution in [2.24, 2.45) is 5.92 Å². The maximum Gasteiger partial charge on any atom is 0.212 e. The Bertz CT molecular complexity index is 546. The van der Waals surface area contributed by atoms with Crippen LogP contribution < -0.4 is 10.5 Å². The summed E-state index contributed by atoms with van der Waals surface area (Å²) in [5, 5.41) is 0. The third-order valence-corrected chi connectivity index (χ3v) is 6.20. The summed E-state index contributed by atoms with van der Waals surface area (Å²) in [6.45, 7) is 2.58. The number of nitrogens with two attached hydrogens (primary N) is 1. The van der Waals surface area contributed by atoms with E-state index in [0.717, 1.165) is 30.1 Å². The van der Waals surface area contributed by atoms with Crippen LogP contribution in [0.1, 0.15) is 6.42 Å². The molecule has 1 fully saturated rings. The second kappa shape index (κ2) is 7.49. The van der Waals surface area contributed by atoms with Gasteiger partial charge in [-0.3, -0.25) is 0 Å². The fraction of sp³-hybridized carbons (Fsp3) is 0.571. The Morgan fingerprint density at radius 2 is 2.10 bits per heavy atom. The van der Waals surface area contributed by atoms with Gasteiger partial charge in [-0.25, -0.2) is 13.1 Å². The van der Waals surface area contributed by atoms with E-state index in [1.807, 2.05) is 24.3 Å². The number of nitrogens with zero attached hydrogens (tertiary/aromatic N) is 1. The summed E-state index contributed by atoms with van der Waals surface area (Å²) in [7, 11) is -1.11. The van der Waals surface area contributed by atoms with Crippen molar-refractivity contribution >= 4 is 27.5 Å². The third-order valence-electron chi connectivity index (χ3n) is 3.58. The highest BCUT2D eigenvalue weighted by atomic mass is 32.2. The Morgan fingerprint density at radius 3 is 2.71 bits per heavy atom. The van der Waals surface area contributed by atoms with Crippen molar-refractivity contribution in [2.75, 3.05) is 43.9 Å². The molecule has 1 atom stereocenters. The molecule has 118 valence electrons. The molecule has 0 saturated carbocycles. The normalized spacial score (nSPS) is 20.0. The van der Waals surface area contributed by atoms with E-state index in [9.17, 15) is 8.42 Å². The molecule has 0 radical (unpaired) electrons. The van der Waals surface area contributed by atoms with Gasteiger partial charge in [0, 0.05) is 29.4 Å². The highest BCUT2D eigenvalue weighted by Gasteiger charge is 2.21. The summed E-state index contributed by atoms with van der Waals surface area (Å²) < 4.78 is 26.6. The first kappa shape index (κ1) is 16.6. The molecule has 0 aliphatic carbocycles. The SMILES string of the molecule is CN1CCC(CNS(=O)(=O)CCSc2ccc(N)cc2)C1. The molecule has 21 heavy (non-hydrogen) atoms. The van der Waals surface area contributed by atoms with Crippen molar-refractivity contribution in [3.8, 4) is 0 Å². The lowest BCUT2D eigenvalue weighted by Gasteiger charge is -2.12. The Kier molecular flexibility index (Phi) is 5.92. The van der Waals surface area contributed by atoms with Crippen molar-refractivity contribution < 1.29 is 8.42 Å². The maximum atomic E-state index is 12.0. The van der Waals surface area contributed by atoms with Crippen LogP contribution in [0.5, 0.6) is 0 Å². The standard InChI is InChI=1S/C14H23N3O2S2/c1-17-7-6-12(11-17)10-16-21(18,19)9-8-20-14-4-2-13(15)3-5-14/h2-5,12,16H,6-11,15H2,1H3. The van der Waals surface area contributed by atoms with Gasteiger partial charge in [0.25, 0.3) is 0 Å². The molecule has 0 amide bonds. The minimum absolute atomic E-state index is 0.143. The Hall–Kier alpha value is -0.760. The molecule has 1 saturated heterocycles. The molecule has 1 aliphatic heterocycles. The Balaban J connectivity index is 1.70. The summed E-state index contributed by atoms with van der Waals surface area (Å²) in [5.41, 5.74) is 6.33. The lowest BCUT2D eigenvalue weighted by Crippen LogP contribution is -2.32. The van der Waals surface area contributed by atoms with E-state index >= 15 is 0 Å². The van der Waals surface area contributed by atoms with Gasteiger partial charge in [-0.05, 0) is 50.2 Å². The molecular weight excluding hydrogens is 306 g/mol. The molecule has 0 spiro atoms. The minimum atomic E-state index is -3.18. The first-order chi connectivity index (χ1) is 9.94. The van der Waals surface area contributed by atoms with Crippen LogP contribution in [-0.4, -0.2) is 51.5 Å². The van der Waals surface area contributed by atoms with Crippen LogP contribution >= 0.6 is 11.8 Å². The molecule has 1 aromatic rings. The largest absolute Gasteiger partial charge is 0.399 e. The van der Waals surface area contributed by atoms with Gasteiger partial charge in [-0.15, -0.1) is 11.8 Å². The van der Waals surface area contributed by atoms with E-state index < -0.39 is 10.0 Å². The van der Waals surface area contributed by atoms with Gasteiger partial charge in [0.2, 0.25) is 10.0 Å². The highest BCUT2D eigenvalue weighted by Crippen LogP contribution is 2.19. The molecule has 7 heteroatoms. The van der Waals surface area contributed by atoms with Crippen LogP contribution in [0.15, 0.2) is 29.2 Å². The summed E-state index contributed by atoms with van der Waals surface area (Å²) in [6, 6.07) is 7.47. The molecule has 3 N–H and O–H groups in total. The first-order valence-corrected chi connectivity index (χ1v) is 9.72. The highest BCUT2D eigenvalue weighted by molar-refractivity contribution is 8.00. The summed E-state index contributed by atoms with van der Waals surface area (Å²) in [4.78, 5) is 3.27. The van der Waals surface area contributed by atoms with E-state index in [2.05, 4.69) is 16.7 Å². The summed E-state index contributed by atoms with van der Waals surface area (Å²) in [5.74, 6) is 1.13. The summed E-state index contributed by atoms with van der Waals surface area (Å²) in [6.07, 6.45) is 1.07. The van der Waals surface area contributed by atoms with Crippen molar-refractivity contribution in [1.82, 2.24) is 9.62 Å². The minimum Gasteiger partial charge on any atom is -0.399 e. The second-order valence-electron chi connectivity index (χ2n) is 5.50. The van der Waals surface area contributed by atoms with Gasteiger partial charge in [0.1, 0.15) is 0 Å². The predicted molar refractivity (Wildman–Crippen MR) is 89.0 cm³/mol. The zero-order chi connectivity index (χ0) is 15.3. The van der Waals surface area contributed by atoms with Crippen LogP contribution in [0.4, 0.5) is 5.69 Å². The van der Waals surface area contributed by atoms with Crippen molar-refractivity contribution in [2.45, 2.75) is 11.3 Å². The third kappa shape index (κ3) is 5.86. The fourth-order valence-electron chi connectivity index (χ4n) is 2.34. The van der Waals surface area contributed by atoms with Crippen molar-refractivity contribution in [3.05, 3.63) is 24.3 Å². The molecule has 2 rings (SSSR count). The average molecular weight is 329 g/mol. The number of likely N-dealkylation sites (tertiary alicyclic amines) is 1. The number of nitrogens with one attached hydrogen (secondary N) is 1. The van der Waals surface area contributed by atoms with Gasteiger partial charge < -0.3 is 10.6 Å². The van der Waals surface area contributed by atoms with E-state index in [0.29, 0.717) is 18.2 Å². The molecule has 1 unspecified atom stereocenters. The number of sulfonamides is 1. The number of hydrogen-bond donors (Lipinski definition) is 2. The van der Waals surface area contributed by atoms with E-state index in [1.165, 1.54) is 11.8 Å². The predicted octanol–water partition coefficient (Wildman–Crippen LogP) is 1.23. The smallest absolute Gasteiger partial charge is 0.212 e. The molecule has 5 nitrogen and oxygen atoms in total. The van der Waals surface area contributed by atoms with Gasteiger partial charge in [0.05, 0.1) is 5.75 Å². The Morgan fingerprint density at radius 1 is 1.38 bits per heavy atom. The average Bonchev–Trinajstić information content (AvgIpc) is 2.85. The topological polar surface area (TPSA) is 75.4 Å². The van der Waals surface area contributed by atoms with E-state index in [1.54, 1.807) is 0 Å². The number of hydrogen-bond acceptors (Lipinski definition) is 5. The number of anilines is 1. The lowest BCUT2D eigenvalue weighted by molar-refractivity contribution is 0.394. The Labute approximate surface area is 131 Å². The van der Waals surface area contributed by atoms with Gasteiger partial charge in [-0.2, -0.15) is 0 Å². The number of benzene rings is 1. The van der Waals surface area contributed by atoms with Crippen LogP contribution in [0, 0.1) is 5.92 Å². The van der Waals surface area contributed by atoms with Crippen LogP contribution in [0.25, 0.3) is 0 Å². The van der Waals surface area contributed by atoms with E-state index in [-0.39, 0.29) is 5.75 Å². The van der Waals surface area contributed by atoms with Gasteiger partial charge >= 0.3 is 0 Å². The first-order valence-electron chi connectivity index (χ1n) is 7.09. The molecule has 0 aromatic heterocycles. The van der Waals surface area contributed by atoms with Gasteiger partial charge in [0.15, 0.2) is 0 Å². The van der Waals surface area contributed by atoms with Crippen LogP contribution in [0.2, 0.25) is 0 Å². The van der Waals surface area contributed by atoms with Crippen LogP contribution in [0.3, 0.4) is 0 Å². The quantitative estimate of drug-likeness (QED) is 0.581. The molecule has 1 aliphatic rings. The molecule has 1 aromatic carbocycles. The number of rotatable bonds is 7. The molecular formula is C14H23N3O2S2. The zero-order valence-corrected chi connectivity index (χ0v) is 13.9. The maximum absolute atomic E-state index is 12.0. The number of thioether (sulfide) groups is 1. The lowest BCUT2D eigenvalue weighted by atomic mass is 10.1. The van der Waals surface area contributed by atoms with E-state index in [4.69, 9.17) is 5.73 Å². The summed E-state index contributed by atoms with van der Waals surface area (Å²) >= 11 is 1.53.